The second kappa shape index (κ2) is 16.8. The molecule has 0 amide bonds. The van der Waals surface area contributed by atoms with Crippen LogP contribution in [0.1, 0.15) is 99.7 Å². The summed E-state index contributed by atoms with van der Waals surface area (Å²) in [6.45, 7) is 0.0934. The molecule has 7 rings (SSSR count). The van der Waals surface area contributed by atoms with E-state index in [9.17, 15) is 24.9 Å². The summed E-state index contributed by atoms with van der Waals surface area (Å²) in [6, 6.07) is 25.2. The number of rotatable bonds is 11. The highest BCUT2D eigenvalue weighted by atomic mass is 16.4. The summed E-state index contributed by atoms with van der Waals surface area (Å²) < 4.78 is 0. The first-order valence-corrected chi connectivity index (χ1v) is 20.2. The third-order valence-corrected chi connectivity index (χ3v) is 13.4. The fourth-order valence-electron chi connectivity index (χ4n) is 10.5. The molecule has 5 heteroatoms. The molecule has 3 aromatic rings. The molecule has 1 saturated carbocycles. The number of phenolic OH excluding ortho intramolecular Hbond substituents is 1. The summed E-state index contributed by atoms with van der Waals surface area (Å²) in [4.78, 5) is 25.3. The van der Waals surface area contributed by atoms with Gasteiger partial charge in [-0.1, -0.05) is 110 Å². The maximum Gasteiger partial charge on any atom is 0.307 e. The lowest BCUT2D eigenvalue weighted by Crippen LogP contribution is -2.47. The minimum Gasteiger partial charge on any atom is -0.508 e. The SMILES string of the molecule is O=C[C@@H](CCCCC[C@H]1C/C=C\C[C@@H](C(=O)O)[C@@]2(CC[C@@H]3C=c4ccccc4=C[C@@H]3C2)c2cccc(c2)C[C@H]1c1ccc(O)cc1)[C@@H]1C=C(CO)CC1. The maximum atomic E-state index is 13.3. The van der Waals surface area contributed by atoms with Crippen molar-refractivity contribution in [2.45, 2.75) is 94.8 Å². The Kier molecular flexibility index (Phi) is 11.8. The number of phenols is 1. The zero-order valence-corrected chi connectivity index (χ0v) is 31.0. The number of aromatic hydroxyl groups is 1. The lowest BCUT2D eigenvalue weighted by molar-refractivity contribution is -0.145. The van der Waals surface area contributed by atoms with Crippen LogP contribution in [0.3, 0.4) is 0 Å². The molecule has 8 atom stereocenters. The van der Waals surface area contributed by atoms with Crippen LogP contribution in [0.2, 0.25) is 0 Å². The van der Waals surface area contributed by atoms with Gasteiger partial charge >= 0.3 is 5.97 Å². The van der Waals surface area contributed by atoms with Gasteiger partial charge in [-0.25, -0.2) is 0 Å². The topological polar surface area (TPSA) is 94.8 Å². The molecule has 0 heterocycles. The molecule has 0 aliphatic heterocycles. The van der Waals surface area contributed by atoms with Crippen molar-refractivity contribution in [2.75, 3.05) is 6.61 Å². The van der Waals surface area contributed by atoms with Crippen molar-refractivity contribution in [3.63, 3.8) is 0 Å². The van der Waals surface area contributed by atoms with Crippen LogP contribution in [0.25, 0.3) is 12.2 Å². The number of hydrogen-bond acceptors (Lipinski definition) is 4. The van der Waals surface area contributed by atoms with E-state index in [1.807, 2.05) is 0 Å². The van der Waals surface area contributed by atoms with E-state index in [1.165, 1.54) is 21.6 Å². The smallest absolute Gasteiger partial charge is 0.307 e. The third-order valence-electron chi connectivity index (χ3n) is 13.4. The molecule has 1 fully saturated rings. The Hall–Kier alpha value is -4.22. The van der Waals surface area contributed by atoms with Gasteiger partial charge in [0.05, 0.1) is 12.5 Å². The minimum atomic E-state index is -0.705. The monoisotopic (exact) mass is 712 g/mol. The lowest BCUT2D eigenvalue weighted by atomic mass is 9.55. The number of carbonyl (C=O) groups excluding carboxylic acids is 1. The number of aliphatic hydroxyl groups is 1. The van der Waals surface area contributed by atoms with Crippen molar-refractivity contribution in [3.05, 3.63) is 124 Å². The van der Waals surface area contributed by atoms with Crippen LogP contribution in [0, 0.1) is 35.5 Å². The number of fused-ring (bicyclic) bond motifs is 5. The van der Waals surface area contributed by atoms with Crippen molar-refractivity contribution in [1.82, 2.24) is 0 Å². The van der Waals surface area contributed by atoms with Crippen LogP contribution in [0.5, 0.6) is 5.75 Å². The summed E-state index contributed by atoms with van der Waals surface area (Å²) in [6.07, 6.45) is 24.3. The molecule has 0 unspecified atom stereocenters. The van der Waals surface area contributed by atoms with Crippen LogP contribution in [0.4, 0.5) is 0 Å². The quantitative estimate of drug-likeness (QED) is 0.106. The van der Waals surface area contributed by atoms with Gasteiger partial charge in [0.2, 0.25) is 0 Å². The second-order valence-electron chi connectivity index (χ2n) is 16.5. The molecule has 0 aromatic heterocycles. The van der Waals surface area contributed by atoms with Gasteiger partial charge in [-0.2, -0.15) is 0 Å². The standard InChI is InChI=1S/C48H56O5/c49-31-34-17-18-39(25-34)41(32-50)14-3-1-2-10-35-11-6-7-16-46(47(52)53)48(24-23-40-28-37-12-4-5-13-38(37)29-42(40)30-48)43-15-8-9-33(26-43)27-45(35)36-19-21-44(51)22-20-36/h4-9,12-13,15,19-22,25-26,28-29,32,35,39-42,45-46,49,51H,1-3,10-11,14,16-18,23-24,27,30-31H2,(H,52,53)/b7-6-/t35-,39-,40+,41+,42+,45+,46-,48+/m0/s1. The number of carbonyl (C=O) groups is 2. The van der Waals surface area contributed by atoms with E-state index < -0.39 is 17.3 Å². The number of benzene rings is 3. The van der Waals surface area contributed by atoms with Gasteiger partial charge in [-0.05, 0) is 139 Å². The Labute approximate surface area is 314 Å². The summed E-state index contributed by atoms with van der Waals surface area (Å²) in [5.41, 5.74) is 4.22. The van der Waals surface area contributed by atoms with Gasteiger partial charge in [0, 0.05) is 11.3 Å². The second-order valence-corrected chi connectivity index (χ2v) is 16.5. The lowest BCUT2D eigenvalue weighted by Gasteiger charge is -2.48. The zero-order valence-electron chi connectivity index (χ0n) is 31.0. The number of aliphatic carboxylic acids is 1. The Morgan fingerprint density at radius 3 is 2.38 bits per heavy atom. The minimum absolute atomic E-state index is 0.0193. The molecular formula is C48H56O5. The summed E-state index contributed by atoms with van der Waals surface area (Å²) in [7, 11) is 0. The molecular weight excluding hydrogens is 657 g/mol. The van der Waals surface area contributed by atoms with E-state index >= 15 is 0 Å². The van der Waals surface area contributed by atoms with Crippen LogP contribution < -0.4 is 10.4 Å². The summed E-state index contributed by atoms with van der Waals surface area (Å²) in [5, 5.41) is 33.2. The molecule has 4 aliphatic rings. The number of carboxylic acids is 1. The van der Waals surface area contributed by atoms with E-state index in [0.717, 1.165) is 94.5 Å². The number of aldehydes is 1. The van der Waals surface area contributed by atoms with Crippen LogP contribution >= 0.6 is 0 Å². The van der Waals surface area contributed by atoms with E-state index in [0.29, 0.717) is 24.2 Å². The summed E-state index contributed by atoms with van der Waals surface area (Å²) in [5.74, 6) is 0.612. The molecule has 3 N–H and O–H groups in total. The van der Waals surface area contributed by atoms with Crippen LogP contribution in [-0.4, -0.2) is 34.2 Å². The Balaban J connectivity index is 1.14. The first kappa shape index (κ1) is 37.1. The number of allylic oxidation sites excluding steroid dienone is 3. The van der Waals surface area contributed by atoms with E-state index in [4.69, 9.17) is 0 Å². The fourth-order valence-corrected chi connectivity index (χ4v) is 10.5. The average molecular weight is 713 g/mol. The predicted molar refractivity (Wildman–Crippen MR) is 212 cm³/mol. The predicted octanol–water partition coefficient (Wildman–Crippen LogP) is 8.41. The van der Waals surface area contributed by atoms with Gasteiger partial charge in [0.25, 0.3) is 0 Å². The van der Waals surface area contributed by atoms with Gasteiger partial charge in [-0.15, -0.1) is 0 Å². The average Bonchev–Trinajstić information content (AvgIpc) is 3.66. The first-order valence-electron chi connectivity index (χ1n) is 20.2. The van der Waals surface area contributed by atoms with Crippen LogP contribution in [-0.2, 0) is 21.4 Å². The van der Waals surface area contributed by atoms with Crippen molar-refractivity contribution >= 4 is 24.4 Å². The highest BCUT2D eigenvalue weighted by Crippen LogP contribution is 2.52. The van der Waals surface area contributed by atoms with E-state index in [2.05, 4.69) is 91.0 Å². The maximum absolute atomic E-state index is 13.3. The Morgan fingerprint density at radius 2 is 1.64 bits per heavy atom. The highest BCUT2D eigenvalue weighted by Gasteiger charge is 2.49. The normalized spacial score (nSPS) is 29.2. The molecule has 3 aromatic carbocycles. The van der Waals surface area contributed by atoms with E-state index in [-0.39, 0.29) is 30.1 Å². The van der Waals surface area contributed by atoms with Crippen LogP contribution in [0.15, 0.2) is 96.6 Å². The van der Waals surface area contributed by atoms with Gasteiger partial charge in [0.1, 0.15) is 12.0 Å². The number of carboxylic acid groups (broad SMARTS) is 1. The molecule has 4 aliphatic carbocycles. The van der Waals surface area contributed by atoms with Crippen molar-refractivity contribution in [1.29, 1.82) is 0 Å². The molecule has 1 spiro atoms. The highest BCUT2D eigenvalue weighted by molar-refractivity contribution is 5.73. The van der Waals surface area contributed by atoms with Crippen molar-refractivity contribution < 1.29 is 24.9 Å². The molecule has 2 bridgehead atoms. The zero-order chi connectivity index (χ0) is 36.8. The molecule has 53 heavy (non-hydrogen) atoms. The molecule has 278 valence electrons. The van der Waals surface area contributed by atoms with Gasteiger partial charge < -0.3 is 20.1 Å². The molecule has 0 radical (unpaired) electrons. The Morgan fingerprint density at radius 1 is 0.868 bits per heavy atom. The fraction of sp³-hybridized carbons (Fsp3) is 0.458. The first-order chi connectivity index (χ1) is 25.9. The van der Waals surface area contributed by atoms with Gasteiger partial charge in [-0.3, -0.25) is 4.79 Å². The van der Waals surface area contributed by atoms with E-state index in [1.54, 1.807) is 12.1 Å². The number of aliphatic hydroxyl groups excluding tert-OH is 1. The number of unbranched alkanes of at least 4 members (excludes halogenated alkanes) is 2. The molecule has 5 nitrogen and oxygen atoms in total. The molecule has 0 saturated heterocycles. The summed E-state index contributed by atoms with van der Waals surface area (Å²) >= 11 is 0. The van der Waals surface area contributed by atoms with Gasteiger partial charge in [0.15, 0.2) is 0 Å². The van der Waals surface area contributed by atoms with Crippen molar-refractivity contribution in [3.8, 4) is 5.75 Å². The number of hydrogen-bond donors (Lipinski definition) is 3. The largest absolute Gasteiger partial charge is 0.508 e. The van der Waals surface area contributed by atoms with Crippen molar-refractivity contribution in [2.24, 2.45) is 35.5 Å². The Bertz CT molecular complexity index is 1920. The third kappa shape index (κ3) is 8.31.